The van der Waals surface area contributed by atoms with Crippen molar-refractivity contribution in [3.63, 3.8) is 0 Å². The van der Waals surface area contributed by atoms with Crippen LogP contribution >= 0.6 is 0 Å². The predicted octanol–water partition coefficient (Wildman–Crippen LogP) is 1.86. The highest BCUT2D eigenvalue weighted by Crippen LogP contribution is 2.38. The number of esters is 1. The minimum atomic E-state index is -0.334. The molecule has 0 amide bonds. The van der Waals surface area contributed by atoms with Gasteiger partial charge in [-0.15, -0.1) is 10.2 Å². The van der Waals surface area contributed by atoms with Crippen LogP contribution in [-0.2, 0) is 29.0 Å². The van der Waals surface area contributed by atoms with E-state index in [0.717, 1.165) is 49.6 Å². The number of hydrogen-bond donors (Lipinski definition) is 0. The van der Waals surface area contributed by atoms with Gasteiger partial charge in [-0.3, -0.25) is 4.79 Å². The van der Waals surface area contributed by atoms with Crippen molar-refractivity contribution in [3.8, 4) is 0 Å². The summed E-state index contributed by atoms with van der Waals surface area (Å²) in [5.74, 6) is 1.56. The van der Waals surface area contributed by atoms with Crippen LogP contribution < -0.4 is 0 Å². The summed E-state index contributed by atoms with van der Waals surface area (Å²) in [5, 5.41) is 23.0. The first-order valence-electron chi connectivity index (χ1n) is 9.95. The molecule has 0 saturated carbocycles. The minimum absolute atomic E-state index is 0.00468. The van der Waals surface area contributed by atoms with Gasteiger partial charge in [0, 0.05) is 26.4 Å². The zero-order valence-corrected chi connectivity index (χ0v) is 16.4. The summed E-state index contributed by atoms with van der Waals surface area (Å²) in [6.07, 6.45) is 5.06. The average molecular weight is 396 g/mol. The first-order chi connectivity index (χ1) is 14.2. The van der Waals surface area contributed by atoms with Crippen molar-refractivity contribution >= 4 is 5.97 Å². The minimum Gasteiger partial charge on any atom is -0.457 e. The van der Waals surface area contributed by atoms with Crippen LogP contribution in [0.1, 0.15) is 61.8 Å². The van der Waals surface area contributed by atoms with Crippen LogP contribution in [0.15, 0.2) is 30.3 Å². The van der Waals surface area contributed by atoms with Crippen molar-refractivity contribution in [2.45, 2.75) is 64.1 Å². The highest BCUT2D eigenvalue weighted by Gasteiger charge is 2.34. The largest absolute Gasteiger partial charge is 0.457 e. The van der Waals surface area contributed by atoms with Gasteiger partial charge in [0.25, 0.3) is 0 Å². The molecule has 10 nitrogen and oxygen atoms in total. The van der Waals surface area contributed by atoms with Gasteiger partial charge in [-0.1, -0.05) is 30.3 Å². The number of carbonyl (C=O) groups excluding carboxylic acids is 1. The standard InChI is InChI=1S/C14H16N4O2.C5H8N4/c1-10(19)20-13(11-6-3-2-4-7-11)12-8-5-9-18-14(12)15-16-17-18;1-2-4-9-5(3-1)6-7-8-9/h2-4,6-7,12-13H,5,8-9H2,1H3;1-4H2. The molecule has 2 aliphatic rings. The lowest BCUT2D eigenvalue weighted by Crippen LogP contribution is -2.25. The van der Waals surface area contributed by atoms with Gasteiger partial charge in [0.05, 0.1) is 5.92 Å². The van der Waals surface area contributed by atoms with E-state index in [1.54, 1.807) is 4.68 Å². The maximum atomic E-state index is 11.4. The maximum Gasteiger partial charge on any atom is 0.303 e. The van der Waals surface area contributed by atoms with Gasteiger partial charge >= 0.3 is 5.97 Å². The van der Waals surface area contributed by atoms with Gasteiger partial charge in [0.2, 0.25) is 0 Å². The Kier molecular flexibility index (Phi) is 5.87. The molecule has 0 radical (unpaired) electrons. The molecule has 10 heteroatoms. The van der Waals surface area contributed by atoms with E-state index in [4.69, 9.17) is 4.74 Å². The molecule has 0 spiro atoms. The Morgan fingerprint density at radius 3 is 2.59 bits per heavy atom. The van der Waals surface area contributed by atoms with E-state index in [1.807, 2.05) is 35.0 Å². The number of rotatable bonds is 3. The van der Waals surface area contributed by atoms with E-state index in [-0.39, 0.29) is 18.0 Å². The third kappa shape index (κ3) is 4.47. The summed E-state index contributed by atoms with van der Waals surface area (Å²) in [7, 11) is 0. The molecule has 2 unspecified atom stereocenters. The number of benzene rings is 1. The number of nitrogens with zero attached hydrogens (tertiary/aromatic N) is 8. The lowest BCUT2D eigenvalue weighted by atomic mass is 9.89. The summed E-state index contributed by atoms with van der Waals surface area (Å²) in [4.78, 5) is 11.4. The zero-order valence-electron chi connectivity index (χ0n) is 16.4. The van der Waals surface area contributed by atoms with Gasteiger partial charge in [0.15, 0.2) is 11.6 Å². The number of fused-ring (bicyclic) bond motifs is 2. The van der Waals surface area contributed by atoms with E-state index in [1.165, 1.54) is 19.8 Å². The molecule has 4 heterocycles. The molecule has 3 aromatic rings. The lowest BCUT2D eigenvalue weighted by Gasteiger charge is -2.29. The first-order valence-corrected chi connectivity index (χ1v) is 9.95. The summed E-state index contributed by atoms with van der Waals surface area (Å²) in [6, 6.07) is 9.77. The fourth-order valence-electron chi connectivity index (χ4n) is 3.84. The average Bonchev–Trinajstić information content (AvgIpc) is 3.42. The van der Waals surface area contributed by atoms with E-state index < -0.39 is 0 Å². The molecule has 2 aromatic heterocycles. The van der Waals surface area contributed by atoms with E-state index in [2.05, 4.69) is 31.1 Å². The molecule has 0 fully saturated rings. The fourth-order valence-corrected chi connectivity index (χ4v) is 3.84. The third-order valence-electron chi connectivity index (χ3n) is 5.19. The summed E-state index contributed by atoms with van der Waals surface area (Å²) < 4.78 is 9.23. The predicted molar refractivity (Wildman–Crippen MR) is 101 cm³/mol. The maximum absolute atomic E-state index is 11.4. The molecule has 5 rings (SSSR count). The van der Waals surface area contributed by atoms with Crippen molar-refractivity contribution < 1.29 is 9.53 Å². The van der Waals surface area contributed by atoms with Crippen molar-refractivity contribution in [2.24, 2.45) is 0 Å². The Balaban J connectivity index is 0.000000188. The Hall–Kier alpha value is -3.17. The number of tetrazole rings is 2. The number of hydrogen-bond acceptors (Lipinski definition) is 8. The number of aryl methyl sites for hydroxylation is 3. The van der Waals surface area contributed by atoms with Gasteiger partial charge in [0.1, 0.15) is 6.10 Å². The van der Waals surface area contributed by atoms with Gasteiger partial charge in [-0.05, 0) is 52.1 Å². The van der Waals surface area contributed by atoms with Crippen LogP contribution in [0, 0.1) is 0 Å². The molecule has 0 N–H and O–H groups in total. The summed E-state index contributed by atoms with van der Waals surface area (Å²) in [5.41, 5.74) is 0.976. The SMILES string of the molecule is C1CCn2nnnc2C1.CC(=O)OC(c1ccccc1)C1CCCn2nnnc21. The highest BCUT2D eigenvalue weighted by atomic mass is 16.5. The Morgan fingerprint density at radius 2 is 1.79 bits per heavy atom. The van der Waals surface area contributed by atoms with Crippen molar-refractivity contribution in [1.29, 1.82) is 0 Å². The highest BCUT2D eigenvalue weighted by molar-refractivity contribution is 5.66. The van der Waals surface area contributed by atoms with E-state index >= 15 is 0 Å². The van der Waals surface area contributed by atoms with Crippen LogP contribution in [0.5, 0.6) is 0 Å². The second kappa shape index (κ2) is 8.89. The molecule has 2 atom stereocenters. The number of ether oxygens (including phenoxy) is 1. The monoisotopic (exact) mass is 396 g/mol. The normalized spacial score (nSPS) is 18.6. The molecule has 0 bridgehead atoms. The van der Waals surface area contributed by atoms with E-state index in [0.29, 0.717) is 0 Å². The lowest BCUT2D eigenvalue weighted by molar-refractivity contribution is -0.148. The van der Waals surface area contributed by atoms with Crippen LogP contribution in [0.25, 0.3) is 0 Å². The van der Waals surface area contributed by atoms with Crippen LogP contribution in [0.2, 0.25) is 0 Å². The second-order valence-electron chi connectivity index (χ2n) is 7.23. The van der Waals surface area contributed by atoms with Gasteiger partial charge in [-0.2, -0.15) is 0 Å². The fraction of sp³-hybridized carbons (Fsp3) is 0.526. The van der Waals surface area contributed by atoms with Crippen LogP contribution in [0.3, 0.4) is 0 Å². The van der Waals surface area contributed by atoms with Crippen LogP contribution in [0.4, 0.5) is 0 Å². The molecule has 29 heavy (non-hydrogen) atoms. The second-order valence-corrected chi connectivity index (χ2v) is 7.23. The molecule has 1 aromatic carbocycles. The number of carbonyl (C=O) groups is 1. The van der Waals surface area contributed by atoms with Crippen molar-refractivity contribution in [1.82, 2.24) is 40.4 Å². The third-order valence-corrected chi connectivity index (χ3v) is 5.19. The van der Waals surface area contributed by atoms with Gasteiger partial charge < -0.3 is 4.74 Å². The summed E-state index contributed by atoms with van der Waals surface area (Å²) >= 11 is 0. The molecule has 0 saturated heterocycles. The van der Waals surface area contributed by atoms with Crippen LogP contribution in [-0.4, -0.2) is 46.4 Å². The van der Waals surface area contributed by atoms with Crippen molar-refractivity contribution in [3.05, 3.63) is 47.5 Å². The number of aromatic nitrogens is 8. The topological polar surface area (TPSA) is 114 Å². The van der Waals surface area contributed by atoms with Gasteiger partial charge in [-0.25, -0.2) is 9.36 Å². The molecule has 0 aliphatic carbocycles. The molecular weight excluding hydrogens is 372 g/mol. The zero-order chi connectivity index (χ0) is 20.1. The molecular formula is C19H24N8O2. The Morgan fingerprint density at radius 1 is 1.03 bits per heavy atom. The molecule has 152 valence electrons. The summed E-state index contributed by atoms with van der Waals surface area (Å²) in [6.45, 7) is 3.25. The first kappa shape index (κ1) is 19.2. The Bertz CT molecular complexity index is 918. The van der Waals surface area contributed by atoms with E-state index in [9.17, 15) is 4.79 Å². The molecule has 2 aliphatic heterocycles. The quantitative estimate of drug-likeness (QED) is 0.617. The smallest absolute Gasteiger partial charge is 0.303 e. The Labute approximate surface area is 168 Å². The van der Waals surface area contributed by atoms with Crippen molar-refractivity contribution in [2.75, 3.05) is 0 Å².